The Labute approximate surface area is 90.9 Å². The Morgan fingerprint density at radius 1 is 1.44 bits per heavy atom. The van der Waals surface area contributed by atoms with Crippen LogP contribution in [0.1, 0.15) is 24.9 Å². The molecule has 0 bridgehead atoms. The number of cyclic esters (lactones) is 1. The van der Waals surface area contributed by atoms with Crippen molar-refractivity contribution in [2.45, 2.75) is 32.4 Å². The van der Waals surface area contributed by atoms with Gasteiger partial charge in [0.1, 0.15) is 12.1 Å². The van der Waals surface area contributed by atoms with E-state index in [-0.39, 0.29) is 6.10 Å². The summed E-state index contributed by atoms with van der Waals surface area (Å²) < 4.78 is 6.19. The minimum absolute atomic E-state index is 0.198. The zero-order valence-corrected chi connectivity index (χ0v) is 9.02. The van der Waals surface area contributed by atoms with Gasteiger partial charge >= 0.3 is 11.7 Å². The second kappa shape index (κ2) is 3.62. The first-order valence-corrected chi connectivity index (χ1v) is 5.01. The predicted molar refractivity (Wildman–Crippen MR) is 55.3 cm³/mol. The van der Waals surface area contributed by atoms with E-state index in [2.05, 4.69) is 4.98 Å². The second-order valence-corrected chi connectivity index (χ2v) is 3.98. The Kier molecular flexibility index (Phi) is 2.41. The van der Waals surface area contributed by atoms with Crippen LogP contribution >= 0.6 is 0 Å². The average molecular weight is 224 g/mol. The second-order valence-electron chi connectivity index (χ2n) is 3.98. The molecule has 1 saturated heterocycles. The third kappa shape index (κ3) is 1.66. The first-order chi connectivity index (χ1) is 7.49. The van der Waals surface area contributed by atoms with Crippen LogP contribution in [0.4, 0.5) is 0 Å². The number of rotatable bonds is 1. The lowest BCUT2D eigenvalue weighted by Gasteiger charge is -2.09. The first-order valence-electron chi connectivity index (χ1n) is 5.01. The number of esters is 1. The fourth-order valence-corrected chi connectivity index (χ4v) is 1.78. The monoisotopic (exact) mass is 224 g/mol. The van der Waals surface area contributed by atoms with E-state index < -0.39 is 23.3 Å². The molecular weight excluding hydrogens is 212 g/mol. The summed E-state index contributed by atoms with van der Waals surface area (Å²) in [6, 6.07) is -0.627. The lowest BCUT2D eigenvalue weighted by molar-refractivity contribution is -0.143. The van der Waals surface area contributed by atoms with E-state index in [1.54, 1.807) is 13.8 Å². The van der Waals surface area contributed by atoms with Crippen molar-refractivity contribution in [2.75, 3.05) is 0 Å². The number of carbonyl (C=O) groups is 1. The van der Waals surface area contributed by atoms with Gasteiger partial charge in [-0.2, -0.15) is 0 Å². The molecule has 0 radical (unpaired) electrons. The van der Waals surface area contributed by atoms with Crippen LogP contribution in [0.25, 0.3) is 0 Å². The maximum absolute atomic E-state index is 11.5. The lowest BCUT2D eigenvalue weighted by Crippen LogP contribution is -2.34. The SMILES string of the molecule is Cc1cn([C@@H]2C[C@@H](C)OC2=O)c(=O)[nH]c1=O. The average Bonchev–Trinajstić information content (AvgIpc) is 2.51. The molecule has 0 saturated carbocycles. The number of hydrogen-bond donors (Lipinski definition) is 1. The van der Waals surface area contributed by atoms with Gasteiger partial charge in [-0.1, -0.05) is 0 Å². The Hall–Kier alpha value is -1.85. The number of aromatic amines is 1. The molecule has 1 N–H and O–H groups in total. The van der Waals surface area contributed by atoms with Crippen molar-refractivity contribution in [3.8, 4) is 0 Å². The van der Waals surface area contributed by atoms with E-state index in [1.807, 2.05) is 0 Å². The van der Waals surface area contributed by atoms with Crippen molar-refractivity contribution in [3.63, 3.8) is 0 Å². The minimum Gasteiger partial charge on any atom is -0.461 e. The summed E-state index contributed by atoms with van der Waals surface area (Å²) in [4.78, 5) is 36.3. The molecule has 16 heavy (non-hydrogen) atoms. The summed E-state index contributed by atoms with van der Waals surface area (Å²) >= 11 is 0. The highest BCUT2D eigenvalue weighted by Crippen LogP contribution is 2.23. The van der Waals surface area contributed by atoms with Crippen molar-refractivity contribution in [3.05, 3.63) is 32.6 Å². The van der Waals surface area contributed by atoms with Gasteiger partial charge in [0, 0.05) is 18.2 Å². The highest BCUT2D eigenvalue weighted by molar-refractivity contribution is 5.76. The van der Waals surface area contributed by atoms with E-state index in [0.717, 1.165) is 0 Å². The van der Waals surface area contributed by atoms with Gasteiger partial charge in [-0.15, -0.1) is 0 Å². The largest absolute Gasteiger partial charge is 0.461 e. The predicted octanol–water partition coefficient (Wildman–Crippen LogP) is -0.278. The van der Waals surface area contributed by atoms with Gasteiger partial charge in [-0.25, -0.2) is 9.59 Å². The van der Waals surface area contributed by atoms with Crippen LogP contribution in [-0.4, -0.2) is 21.6 Å². The molecular formula is C10H12N2O4. The van der Waals surface area contributed by atoms with Crippen LogP contribution in [0.3, 0.4) is 0 Å². The van der Waals surface area contributed by atoms with Crippen LogP contribution in [-0.2, 0) is 9.53 Å². The Morgan fingerprint density at radius 2 is 2.12 bits per heavy atom. The summed E-state index contributed by atoms with van der Waals surface area (Å²) in [5, 5.41) is 0. The molecule has 86 valence electrons. The quantitative estimate of drug-likeness (QED) is 0.665. The molecule has 1 fully saturated rings. The fourth-order valence-electron chi connectivity index (χ4n) is 1.78. The number of ether oxygens (including phenoxy) is 1. The zero-order valence-electron chi connectivity index (χ0n) is 9.02. The third-order valence-electron chi connectivity index (χ3n) is 2.63. The normalized spacial score (nSPS) is 24.5. The van der Waals surface area contributed by atoms with E-state index in [0.29, 0.717) is 12.0 Å². The molecule has 1 aromatic heterocycles. The fraction of sp³-hybridized carbons (Fsp3) is 0.500. The molecule has 1 aliphatic rings. The Balaban J connectivity index is 2.49. The van der Waals surface area contributed by atoms with Crippen LogP contribution in [0.2, 0.25) is 0 Å². The van der Waals surface area contributed by atoms with E-state index in [4.69, 9.17) is 4.74 Å². The van der Waals surface area contributed by atoms with Crippen molar-refractivity contribution >= 4 is 5.97 Å². The summed E-state index contributed by atoms with van der Waals surface area (Å²) in [7, 11) is 0. The molecule has 6 nitrogen and oxygen atoms in total. The third-order valence-corrected chi connectivity index (χ3v) is 2.63. The highest BCUT2D eigenvalue weighted by Gasteiger charge is 2.34. The molecule has 2 heterocycles. The molecule has 0 aliphatic carbocycles. The molecule has 0 aromatic carbocycles. The number of nitrogens with one attached hydrogen (secondary N) is 1. The van der Waals surface area contributed by atoms with Crippen LogP contribution in [0, 0.1) is 6.92 Å². The van der Waals surface area contributed by atoms with Gasteiger partial charge < -0.3 is 4.74 Å². The van der Waals surface area contributed by atoms with Crippen molar-refractivity contribution in [2.24, 2.45) is 0 Å². The van der Waals surface area contributed by atoms with Gasteiger partial charge in [0.05, 0.1) is 0 Å². The van der Waals surface area contributed by atoms with Gasteiger partial charge in [0.2, 0.25) is 0 Å². The molecule has 1 aromatic rings. The zero-order chi connectivity index (χ0) is 11.9. The first kappa shape index (κ1) is 10.7. The molecule has 1 aliphatic heterocycles. The highest BCUT2D eigenvalue weighted by atomic mass is 16.6. The van der Waals surface area contributed by atoms with Gasteiger partial charge in [-0.3, -0.25) is 14.3 Å². The standard InChI is InChI=1S/C10H12N2O4/c1-5-4-12(10(15)11-8(5)13)7-3-6(2)16-9(7)14/h4,6-7H,3H2,1-2H3,(H,11,13,15)/t6-,7-/m1/s1. The summed E-state index contributed by atoms with van der Waals surface area (Å²) in [5.74, 6) is -0.430. The molecule has 2 atom stereocenters. The smallest absolute Gasteiger partial charge is 0.329 e. The van der Waals surface area contributed by atoms with E-state index in [9.17, 15) is 14.4 Å². The summed E-state index contributed by atoms with van der Waals surface area (Å²) in [5.41, 5.74) is -0.612. The maximum Gasteiger partial charge on any atom is 0.329 e. The van der Waals surface area contributed by atoms with Crippen molar-refractivity contribution in [1.29, 1.82) is 0 Å². The molecule has 0 spiro atoms. The van der Waals surface area contributed by atoms with Gasteiger partial charge in [0.15, 0.2) is 0 Å². The van der Waals surface area contributed by atoms with Gasteiger partial charge in [-0.05, 0) is 13.8 Å². The van der Waals surface area contributed by atoms with Crippen molar-refractivity contribution < 1.29 is 9.53 Å². The molecule has 2 rings (SSSR count). The van der Waals surface area contributed by atoms with E-state index in [1.165, 1.54) is 10.8 Å². The topological polar surface area (TPSA) is 81.2 Å². The summed E-state index contributed by atoms with van der Waals surface area (Å²) in [6.07, 6.45) is 1.65. The maximum atomic E-state index is 11.5. The minimum atomic E-state index is -0.627. The van der Waals surface area contributed by atoms with Crippen LogP contribution in [0.5, 0.6) is 0 Å². The Bertz CT molecular complexity index is 542. The molecule has 0 amide bonds. The van der Waals surface area contributed by atoms with Crippen LogP contribution in [0.15, 0.2) is 15.8 Å². The number of H-pyrrole nitrogens is 1. The number of aromatic nitrogens is 2. The summed E-state index contributed by atoms with van der Waals surface area (Å²) in [6.45, 7) is 3.35. The number of hydrogen-bond acceptors (Lipinski definition) is 4. The van der Waals surface area contributed by atoms with Crippen molar-refractivity contribution in [1.82, 2.24) is 9.55 Å². The Morgan fingerprint density at radius 3 is 2.69 bits per heavy atom. The molecule has 6 heteroatoms. The van der Waals surface area contributed by atoms with Gasteiger partial charge in [0.25, 0.3) is 5.56 Å². The molecule has 0 unspecified atom stereocenters. The van der Waals surface area contributed by atoms with Crippen LogP contribution < -0.4 is 11.2 Å². The lowest BCUT2D eigenvalue weighted by atomic mass is 10.2. The van der Waals surface area contributed by atoms with E-state index >= 15 is 0 Å². The number of aryl methyl sites for hydroxylation is 1. The number of carbonyl (C=O) groups excluding carboxylic acids is 1. The number of nitrogens with zero attached hydrogens (tertiary/aromatic N) is 1.